The van der Waals surface area contributed by atoms with Gasteiger partial charge in [-0.15, -0.1) is 0 Å². The number of nitrogens with zero attached hydrogens (tertiary/aromatic N) is 2. The van der Waals surface area contributed by atoms with Crippen LogP contribution in [-0.4, -0.2) is 15.4 Å². The predicted octanol–water partition coefficient (Wildman–Crippen LogP) is 3.48. The molecule has 1 N–H and O–H groups in total. The van der Waals surface area contributed by atoms with Gasteiger partial charge in [-0.1, -0.05) is 26.7 Å². The van der Waals surface area contributed by atoms with Crippen molar-refractivity contribution >= 4 is 16.7 Å². The number of hydrogen-bond acceptors (Lipinski definition) is 4. The fourth-order valence-electron chi connectivity index (χ4n) is 2.38. The van der Waals surface area contributed by atoms with Crippen LogP contribution in [0.4, 0.5) is 5.13 Å². The highest BCUT2D eigenvalue weighted by Gasteiger charge is 2.19. The number of hydrogen-bond donors (Lipinski definition) is 1. The lowest BCUT2D eigenvalue weighted by Gasteiger charge is -2.26. The fraction of sp³-hybridized carbons (Fsp3) is 0.833. The molecule has 1 aromatic heterocycles. The number of aryl methyl sites for hydroxylation is 1. The van der Waals surface area contributed by atoms with Crippen LogP contribution in [0.25, 0.3) is 0 Å². The highest BCUT2D eigenvalue weighted by Crippen LogP contribution is 2.26. The molecule has 90 valence electrons. The summed E-state index contributed by atoms with van der Waals surface area (Å²) in [7, 11) is 0. The van der Waals surface area contributed by atoms with E-state index in [0.29, 0.717) is 6.04 Å². The van der Waals surface area contributed by atoms with Crippen LogP contribution in [0.3, 0.4) is 0 Å². The second-order valence-corrected chi connectivity index (χ2v) is 5.63. The van der Waals surface area contributed by atoms with Crippen LogP contribution in [0.2, 0.25) is 0 Å². The van der Waals surface area contributed by atoms with Crippen LogP contribution in [-0.2, 0) is 6.42 Å². The molecule has 4 heteroatoms. The highest BCUT2D eigenvalue weighted by molar-refractivity contribution is 7.09. The van der Waals surface area contributed by atoms with Gasteiger partial charge in [-0.3, -0.25) is 0 Å². The summed E-state index contributed by atoms with van der Waals surface area (Å²) in [5.41, 5.74) is 0. The molecular weight excluding hydrogens is 218 g/mol. The first-order valence-corrected chi connectivity index (χ1v) is 7.14. The van der Waals surface area contributed by atoms with Gasteiger partial charge in [0, 0.05) is 24.0 Å². The number of aromatic nitrogens is 2. The van der Waals surface area contributed by atoms with Crippen molar-refractivity contribution in [3.63, 3.8) is 0 Å². The van der Waals surface area contributed by atoms with Gasteiger partial charge >= 0.3 is 0 Å². The molecule has 1 aliphatic rings. The maximum atomic E-state index is 4.52. The minimum Gasteiger partial charge on any atom is -0.358 e. The maximum Gasteiger partial charge on any atom is 0.202 e. The van der Waals surface area contributed by atoms with E-state index < -0.39 is 0 Å². The number of nitrogens with one attached hydrogen (secondary N) is 1. The number of rotatable bonds is 4. The topological polar surface area (TPSA) is 37.8 Å². The van der Waals surface area contributed by atoms with Crippen LogP contribution in [0.15, 0.2) is 0 Å². The first-order valence-electron chi connectivity index (χ1n) is 6.37. The van der Waals surface area contributed by atoms with Gasteiger partial charge in [0.2, 0.25) is 5.13 Å². The third kappa shape index (κ3) is 3.17. The minimum atomic E-state index is 0.617. The lowest BCUT2D eigenvalue weighted by atomic mass is 9.87. The van der Waals surface area contributed by atoms with Crippen molar-refractivity contribution in [1.29, 1.82) is 0 Å². The Labute approximate surface area is 102 Å². The molecule has 2 unspecified atom stereocenters. The van der Waals surface area contributed by atoms with E-state index >= 15 is 0 Å². The molecule has 0 radical (unpaired) electrons. The Balaban J connectivity index is 1.87. The van der Waals surface area contributed by atoms with E-state index in [1.54, 1.807) is 0 Å². The zero-order valence-corrected chi connectivity index (χ0v) is 11.0. The van der Waals surface area contributed by atoms with E-state index in [1.165, 1.54) is 37.2 Å². The van der Waals surface area contributed by atoms with Crippen molar-refractivity contribution in [3.8, 4) is 0 Å². The van der Waals surface area contributed by atoms with Crippen LogP contribution in [0.5, 0.6) is 0 Å². The third-order valence-electron chi connectivity index (χ3n) is 3.21. The molecule has 1 saturated carbocycles. The van der Waals surface area contributed by atoms with Crippen molar-refractivity contribution in [2.24, 2.45) is 5.92 Å². The van der Waals surface area contributed by atoms with Crippen LogP contribution in [0.1, 0.15) is 51.8 Å². The Morgan fingerprint density at radius 1 is 1.44 bits per heavy atom. The molecule has 1 aromatic rings. The van der Waals surface area contributed by atoms with Crippen molar-refractivity contribution in [2.75, 3.05) is 5.32 Å². The normalized spacial score (nSPS) is 25.6. The van der Waals surface area contributed by atoms with Gasteiger partial charge in [0.1, 0.15) is 5.82 Å². The van der Waals surface area contributed by atoms with Crippen molar-refractivity contribution < 1.29 is 0 Å². The van der Waals surface area contributed by atoms with E-state index in [2.05, 4.69) is 28.5 Å². The molecule has 0 aromatic carbocycles. The quantitative estimate of drug-likeness (QED) is 0.874. The third-order valence-corrected chi connectivity index (χ3v) is 3.89. The van der Waals surface area contributed by atoms with Crippen LogP contribution in [0, 0.1) is 5.92 Å². The summed E-state index contributed by atoms with van der Waals surface area (Å²) in [5, 5.41) is 4.55. The van der Waals surface area contributed by atoms with E-state index in [4.69, 9.17) is 0 Å². The van der Waals surface area contributed by atoms with E-state index in [-0.39, 0.29) is 0 Å². The van der Waals surface area contributed by atoms with Crippen molar-refractivity contribution in [2.45, 2.75) is 58.4 Å². The Hall–Kier alpha value is -0.640. The van der Waals surface area contributed by atoms with Gasteiger partial charge in [-0.2, -0.15) is 4.37 Å². The molecule has 2 rings (SSSR count). The summed E-state index contributed by atoms with van der Waals surface area (Å²) in [6, 6.07) is 0.617. The summed E-state index contributed by atoms with van der Waals surface area (Å²) < 4.78 is 4.36. The molecule has 1 fully saturated rings. The molecule has 0 amide bonds. The number of anilines is 1. The molecule has 16 heavy (non-hydrogen) atoms. The molecule has 0 aliphatic heterocycles. The molecule has 0 bridgehead atoms. The van der Waals surface area contributed by atoms with Crippen LogP contribution >= 0.6 is 11.5 Å². The Kier molecular flexibility index (Phi) is 4.16. The zero-order chi connectivity index (χ0) is 11.4. The molecule has 3 nitrogen and oxygen atoms in total. The lowest BCUT2D eigenvalue weighted by Crippen LogP contribution is -2.26. The molecular formula is C12H21N3S. The molecule has 1 heterocycles. The average Bonchev–Trinajstić information content (AvgIpc) is 2.66. The largest absolute Gasteiger partial charge is 0.358 e. The summed E-state index contributed by atoms with van der Waals surface area (Å²) in [4.78, 5) is 4.52. The van der Waals surface area contributed by atoms with Crippen molar-refractivity contribution in [1.82, 2.24) is 9.36 Å². The Morgan fingerprint density at radius 2 is 2.31 bits per heavy atom. The predicted molar refractivity (Wildman–Crippen MR) is 68.9 cm³/mol. The zero-order valence-electron chi connectivity index (χ0n) is 10.2. The molecule has 0 saturated heterocycles. The van der Waals surface area contributed by atoms with Crippen LogP contribution < -0.4 is 5.32 Å². The molecule has 2 atom stereocenters. The Morgan fingerprint density at radius 3 is 3.06 bits per heavy atom. The second kappa shape index (κ2) is 5.62. The molecule has 0 spiro atoms. The summed E-state index contributed by atoms with van der Waals surface area (Å²) in [6.45, 7) is 4.51. The van der Waals surface area contributed by atoms with E-state index in [1.807, 2.05) is 0 Å². The second-order valence-electron chi connectivity index (χ2n) is 4.88. The lowest BCUT2D eigenvalue weighted by molar-refractivity contribution is 0.358. The van der Waals surface area contributed by atoms with Gasteiger partial charge in [0.15, 0.2) is 0 Å². The first kappa shape index (κ1) is 11.8. The van der Waals surface area contributed by atoms with Crippen molar-refractivity contribution in [3.05, 3.63) is 5.82 Å². The smallest absolute Gasteiger partial charge is 0.202 e. The summed E-state index contributed by atoms with van der Waals surface area (Å²) in [6.07, 6.45) is 7.42. The summed E-state index contributed by atoms with van der Waals surface area (Å²) >= 11 is 1.51. The maximum absolute atomic E-state index is 4.52. The SMILES string of the molecule is CCCc1nsc(NC2CCCC(C)C2)n1. The van der Waals surface area contributed by atoms with Gasteiger partial charge < -0.3 is 5.32 Å². The van der Waals surface area contributed by atoms with Gasteiger partial charge in [-0.05, 0) is 25.2 Å². The fourth-order valence-corrected chi connectivity index (χ4v) is 3.07. The van der Waals surface area contributed by atoms with E-state index in [0.717, 1.165) is 29.7 Å². The monoisotopic (exact) mass is 239 g/mol. The van der Waals surface area contributed by atoms with Gasteiger partial charge in [0.05, 0.1) is 0 Å². The average molecular weight is 239 g/mol. The minimum absolute atomic E-state index is 0.617. The first-order chi connectivity index (χ1) is 7.78. The van der Waals surface area contributed by atoms with Gasteiger partial charge in [0.25, 0.3) is 0 Å². The van der Waals surface area contributed by atoms with Gasteiger partial charge in [-0.25, -0.2) is 4.98 Å². The van der Waals surface area contributed by atoms with E-state index in [9.17, 15) is 0 Å². The highest BCUT2D eigenvalue weighted by atomic mass is 32.1. The standard InChI is InChI=1S/C12H21N3S/c1-3-5-11-14-12(16-15-11)13-10-7-4-6-9(2)8-10/h9-10H,3-8H2,1-2H3,(H,13,14,15). The molecule has 1 aliphatic carbocycles. The Bertz CT molecular complexity index is 324. The summed E-state index contributed by atoms with van der Waals surface area (Å²) in [5.74, 6) is 1.85.